The van der Waals surface area contributed by atoms with Crippen molar-refractivity contribution < 1.29 is 23.9 Å². The van der Waals surface area contributed by atoms with E-state index in [4.69, 9.17) is 12.2 Å². The van der Waals surface area contributed by atoms with E-state index in [-0.39, 0.29) is 24.8 Å². The van der Waals surface area contributed by atoms with Crippen LogP contribution in [0.5, 0.6) is 0 Å². The standard InChI is InChI=1S/C23H21N3O5S2/c1-31-22(30)17-11-9-15(10-12-17)14-18-21(29)26(23(32)33-18)13-5-8-19(27)24-25-20(28)16-6-3-2-4-7-16/h2-4,6-7,9-12,14H,5,8,13H2,1H3,(H,24,27)(H,25,28). The van der Waals surface area contributed by atoms with Gasteiger partial charge in [-0.2, -0.15) is 0 Å². The number of benzene rings is 2. The van der Waals surface area contributed by atoms with Crippen molar-refractivity contribution in [3.8, 4) is 0 Å². The summed E-state index contributed by atoms with van der Waals surface area (Å²) in [5.41, 5.74) is 6.32. The number of thioether (sulfide) groups is 1. The Labute approximate surface area is 200 Å². The van der Waals surface area contributed by atoms with E-state index in [0.717, 1.165) is 5.56 Å². The van der Waals surface area contributed by atoms with Gasteiger partial charge >= 0.3 is 5.97 Å². The summed E-state index contributed by atoms with van der Waals surface area (Å²) in [5, 5.41) is 0. The third-order valence-corrected chi connectivity index (χ3v) is 6.02. The van der Waals surface area contributed by atoms with Crippen LogP contribution in [0.4, 0.5) is 0 Å². The number of ether oxygens (including phenoxy) is 1. The Kier molecular flexibility index (Phi) is 8.34. The van der Waals surface area contributed by atoms with Gasteiger partial charge in [-0.15, -0.1) is 0 Å². The summed E-state index contributed by atoms with van der Waals surface area (Å²) >= 11 is 6.49. The number of carbonyl (C=O) groups excluding carboxylic acids is 4. The SMILES string of the molecule is COC(=O)c1ccc(C=C2SC(=S)N(CCCC(=O)NNC(=O)c3ccccc3)C2=O)cc1. The quantitative estimate of drug-likeness (QED) is 0.270. The maximum atomic E-state index is 12.7. The molecule has 1 fully saturated rings. The summed E-state index contributed by atoms with van der Waals surface area (Å²) in [6.45, 7) is 0.281. The highest BCUT2D eigenvalue weighted by molar-refractivity contribution is 8.26. The molecule has 1 aliphatic heterocycles. The number of carbonyl (C=O) groups is 4. The molecule has 2 aromatic carbocycles. The number of rotatable bonds is 7. The Morgan fingerprint density at radius 2 is 1.73 bits per heavy atom. The molecule has 3 amide bonds. The first-order valence-electron chi connectivity index (χ1n) is 9.97. The molecule has 0 spiro atoms. The number of nitrogens with zero attached hydrogens (tertiary/aromatic N) is 1. The Bertz CT molecular complexity index is 1100. The number of hydrazine groups is 1. The first-order chi connectivity index (χ1) is 15.9. The summed E-state index contributed by atoms with van der Waals surface area (Å²) in [6.07, 6.45) is 2.19. The smallest absolute Gasteiger partial charge is 0.337 e. The number of methoxy groups -OCH3 is 1. The Hall–Kier alpha value is -3.50. The third kappa shape index (κ3) is 6.50. The van der Waals surface area contributed by atoms with Gasteiger partial charge < -0.3 is 4.74 Å². The molecule has 2 N–H and O–H groups in total. The lowest BCUT2D eigenvalue weighted by atomic mass is 10.1. The maximum Gasteiger partial charge on any atom is 0.337 e. The van der Waals surface area contributed by atoms with E-state index in [9.17, 15) is 19.2 Å². The maximum absolute atomic E-state index is 12.7. The molecule has 1 heterocycles. The van der Waals surface area contributed by atoms with E-state index in [0.29, 0.717) is 26.8 Å². The zero-order chi connectivity index (χ0) is 23.8. The van der Waals surface area contributed by atoms with Gasteiger partial charge in [0.25, 0.3) is 11.8 Å². The van der Waals surface area contributed by atoms with Crippen LogP contribution in [0.3, 0.4) is 0 Å². The highest BCUT2D eigenvalue weighted by Gasteiger charge is 2.31. The second-order valence-corrected chi connectivity index (χ2v) is 8.59. The molecule has 2 aromatic rings. The van der Waals surface area contributed by atoms with Crippen molar-refractivity contribution in [2.45, 2.75) is 12.8 Å². The number of esters is 1. The molecule has 0 radical (unpaired) electrons. The van der Waals surface area contributed by atoms with Gasteiger partial charge in [-0.3, -0.25) is 30.1 Å². The molecule has 0 aromatic heterocycles. The number of hydrogen-bond donors (Lipinski definition) is 2. The fraction of sp³-hybridized carbons (Fsp3) is 0.174. The van der Waals surface area contributed by atoms with Crippen LogP contribution in [0.25, 0.3) is 6.08 Å². The third-order valence-electron chi connectivity index (χ3n) is 4.64. The molecule has 0 unspecified atom stereocenters. The number of thiocarbonyl (C=S) groups is 1. The topological polar surface area (TPSA) is 105 Å². The largest absolute Gasteiger partial charge is 0.465 e. The summed E-state index contributed by atoms with van der Waals surface area (Å²) in [6, 6.07) is 15.2. The number of amides is 3. The van der Waals surface area contributed by atoms with Gasteiger partial charge in [-0.05, 0) is 42.3 Å². The number of hydrogen-bond acceptors (Lipinski definition) is 7. The summed E-state index contributed by atoms with van der Waals surface area (Å²) < 4.78 is 5.08. The molecule has 8 nitrogen and oxygen atoms in total. The normalized spacial score (nSPS) is 14.3. The summed E-state index contributed by atoms with van der Waals surface area (Å²) in [5.74, 6) is -1.45. The van der Waals surface area contributed by atoms with E-state index >= 15 is 0 Å². The van der Waals surface area contributed by atoms with Crippen LogP contribution in [-0.4, -0.2) is 46.6 Å². The highest BCUT2D eigenvalue weighted by Crippen LogP contribution is 2.32. The van der Waals surface area contributed by atoms with E-state index < -0.39 is 11.9 Å². The van der Waals surface area contributed by atoms with Gasteiger partial charge in [-0.25, -0.2) is 4.79 Å². The van der Waals surface area contributed by atoms with Gasteiger partial charge in [0, 0.05) is 18.5 Å². The van der Waals surface area contributed by atoms with Crippen molar-refractivity contribution in [3.63, 3.8) is 0 Å². The predicted octanol–water partition coefficient (Wildman–Crippen LogP) is 2.92. The molecule has 1 saturated heterocycles. The molecular formula is C23H21N3O5S2. The molecule has 10 heteroatoms. The number of nitrogens with one attached hydrogen (secondary N) is 2. The molecule has 1 aliphatic rings. The van der Waals surface area contributed by atoms with Crippen molar-refractivity contribution in [3.05, 3.63) is 76.2 Å². The van der Waals surface area contributed by atoms with E-state index in [1.165, 1.54) is 23.8 Å². The van der Waals surface area contributed by atoms with Crippen LogP contribution < -0.4 is 10.9 Å². The molecule has 0 aliphatic carbocycles. The van der Waals surface area contributed by atoms with Crippen molar-refractivity contribution in [1.29, 1.82) is 0 Å². The Morgan fingerprint density at radius 1 is 1.03 bits per heavy atom. The van der Waals surface area contributed by atoms with Crippen molar-refractivity contribution in [2.75, 3.05) is 13.7 Å². The van der Waals surface area contributed by atoms with Gasteiger partial charge in [0.2, 0.25) is 5.91 Å². The molecule has 0 saturated carbocycles. The lowest BCUT2D eigenvalue weighted by Crippen LogP contribution is -2.41. The van der Waals surface area contributed by atoms with Crippen LogP contribution in [-0.2, 0) is 14.3 Å². The van der Waals surface area contributed by atoms with Crippen LogP contribution in [0, 0.1) is 0 Å². The summed E-state index contributed by atoms with van der Waals surface area (Å²) in [7, 11) is 1.31. The molecule has 3 rings (SSSR count). The van der Waals surface area contributed by atoms with Gasteiger partial charge in [-0.1, -0.05) is 54.3 Å². The minimum Gasteiger partial charge on any atom is -0.465 e. The lowest BCUT2D eigenvalue weighted by Gasteiger charge is -2.14. The van der Waals surface area contributed by atoms with Crippen molar-refractivity contribution >= 4 is 58.1 Å². The second-order valence-electron chi connectivity index (χ2n) is 6.92. The van der Waals surface area contributed by atoms with Gasteiger partial charge in [0.1, 0.15) is 4.32 Å². The van der Waals surface area contributed by atoms with Crippen LogP contribution >= 0.6 is 24.0 Å². The Morgan fingerprint density at radius 3 is 2.39 bits per heavy atom. The van der Waals surface area contributed by atoms with Crippen LogP contribution in [0.2, 0.25) is 0 Å². The zero-order valence-electron chi connectivity index (χ0n) is 17.7. The first-order valence-corrected chi connectivity index (χ1v) is 11.2. The second kappa shape index (κ2) is 11.4. The van der Waals surface area contributed by atoms with Crippen LogP contribution in [0.1, 0.15) is 39.1 Å². The fourth-order valence-corrected chi connectivity index (χ4v) is 4.23. The van der Waals surface area contributed by atoms with Crippen LogP contribution in [0.15, 0.2) is 59.5 Å². The molecule has 0 bridgehead atoms. The van der Waals surface area contributed by atoms with Crippen molar-refractivity contribution in [2.24, 2.45) is 0 Å². The average Bonchev–Trinajstić information content (AvgIpc) is 3.10. The monoisotopic (exact) mass is 483 g/mol. The van der Waals surface area contributed by atoms with E-state index in [2.05, 4.69) is 15.6 Å². The van der Waals surface area contributed by atoms with E-state index in [1.54, 1.807) is 60.7 Å². The van der Waals surface area contributed by atoms with E-state index in [1.807, 2.05) is 0 Å². The zero-order valence-corrected chi connectivity index (χ0v) is 19.3. The fourth-order valence-electron chi connectivity index (χ4n) is 2.93. The minimum absolute atomic E-state index is 0.111. The molecule has 170 valence electrons. The molecular weight excluding hydrogens is 462 g/mol. The average molecular weight is 484 g/mol. The predicted molar refractivity (Wildman–Crippen MR) is 129 cm³/mol. The lowest BCUT2D eigenvalue weighted by molar-refractivity contribution is -0.124. The van der Waals surface area contributed by atoms with Gasteiger partial charge in [0.05, 0.1) is 17.6 Å². The molecule has 33 heavy (non-hydrogen) atoms. The highest BCUT2D eigenvalue weighted by atomic mass is 32.2. The summed E-state index contributed by atoms with van der Waals surface area (Å²) in [4.78, 5) is 50.1. The molecule has 0 atom stereocenters. The Balaban J connectivity index is 1.47. The first kappa shape index (κ1) is 24.1. The van der Waals surface area contributed by atoms with Crippen molar-refractivity contribution in [1.82, 2.24) is 15.8 Å². The van der Waals surface area contributed by atoms with Gasteiger partial charge in [0.15, 0.2) is 0 Å². The minimum atomic E-state index is -0.434.